The van der Waals surface area contributed by atoms with E-state index in [4.69, 9.17) is 9.84 Å². The molecule has 0 spiro atoms. The van der Waals surface area contributed by atoms with Crippen molar-refractivity contribution < 1.29 is 32.4 Å². The van der Waals surface area contributed by atoms with E-state index in [2.05, 4.69) is 19.1 Å². The van der Waals surface area contributed by atoms with Crippen LogP contribution in [0.15, 0.2) is 12.2 Å². The lowest BCUT2D eigenvalue weighted by atomic mass is 10.0. The summed E-state index contributed by atoms with van der Waals surface area (Å²) in [7, 11) is -4.31. The molecule has 32 heavy (non-hydrogen) atoms. The zero-order valence-electron chi connectivity index (χ0n) is 20.0. The average molecular weight is 477 g/mol. The predicted molar refractivity (Wildman–Crippen MR) is 127 cm³/mol. The van der Waals surface area contributed by atoms with Gasteiger partial charge in [-0.2, -0.15) is 8.42 Å². The highest BCUT2D eigenvalue weighted by atomic mass is 32.2. The Hall–Kier alpha value is -1.41. The van der Waals surface area contributed by atoms with E-state index in [-0.39, 0.29) is 19.3 Å². The molecule has 2 N–H and O–H groups in total. The van der Waals surface area contributed by atoms with E-state index in [9.17, 15) is 22.6 Å². The highest BCUT2D eigenvalue weighted by molar-refractivity contribution is 7.86. The molecule has 0 aliphatic rings. The van der Waals surface area contributed by atoms with Gasteiger partial charge in [-0.3, -0.25) is 14.1 Å². The molecule has 0 aromatic carbocycles. The second kappa shape index (κ2) is 19.1. The summed E-state index contributed by atoms with van der Waals surface area (Å²) < 4.78 is 38.6. The fraction of sp³-hybridized carbons (Fsp3) is 0.833. The standard InChI is InChI=1S/C24H44O7S/c1-3-5-6-7-8-9-10-14-17-20-24(27)31-21(22(4-2)32(28,29)30)18-15-12-11-13-16-19-23(25)26/h5-6,21-22H,3-4,7-20H2,1-2H3,(H,25,26)(H,28,29,30)/b6-5+. The molecule has 0 saturated heterocycles. The van der Waals surface area contributed by atoms with Crippen LogP contribution in [0.3, 0.4) is 0 Å². The molecule has 0 aliphatic heterocycles. The van der Waals surface area contributed by atoms with E-state index < -0.39 is 33.4 Å². The van der Waals surface area contributed by atoms with Gasteiger partial charge in [0.15, 0.2) is 0 Å². The van der Waals surface area contributed by atoms with Gasteiger partial charge in [0.1, 0.15) is 11.4 Å². The number of hydrogen-bond donors (Lipinski definition) is 2. The number of esters is 1. The van der Waals surface area contributed by atoms with Crippen LogP contribution in [0.5, 0.6) is 0 Å². The van der Waals surface area contributed by atoms with Crippen molar-refractivity contribution in [3.8, 4) is 0 Å². The molecule has 0 aliphatic carbocycles. The Labute approximate surface area is 194 Å². The molecular weight excluding hydrogens is 432 g/mol. The third-order valence-corrected chi connectivity index (χ3v) is 6.92. The number of carbonyl (C=O) groups excluding carboxylic acids is 1. The summed E-state index contributed by atoms with van der Waals surface area (Å²) in [4.78, 5) is 22.8. The largest absolute Gasteiger partial charge is 0.481 e. The number of carboxylic acid groups (broad SMARTS) is 1. The molecule has 0 aromatic heterocycles. The molecule has 0 fully saturated rings. The molecule has 0 radical (unpaired) electrons. The third-order valence-electron chi connectivity index (χ3n) is 5.52. The Bertz CT molecular complexity index is 628. The van der Waals surface area contributed by atoms with E-state index in [1.807, 2.05) is 0 Å². The average Bonchev–Trinajstić information content (AvgIpc) is 2.70. The molecule has 8 heteroatoms. The molecule has 0 saturated carbocycles. The second-order valence-electron chi connectivity index (χ2n) is 8.38. The summed E-state index contributed by atoms with van der Waals surface area (Å²) in [5, 5.41) is 7.53. The van der Waals surface area contributed by atoms with Gasteiger partial charge >= 0.3 is 11.9 Å². The maximum absolute atomic E-state index is 12.3. The van der Waals surface area contributed by atoms with E-state index in [1.165, 1.54) is 0 Å². The molecular formula is C24H44O7S. The third kappa shape index (κ3) is 17.2. The molecule has 0 amide bonds. The smallest absolute Gasteiger partial charge is 0.306 e. The number of unbranched alkanes of at least 4 members (excludes halogenated alkanes) is 9. The first kappa shape index (κ1) is 30.6. The van der Waals surface area contributed by atoms with Crippen LogP contribution < -0.4 is 0 Å². The summed E-state index contributed by atoms with van der Waals surface area (Å²) in [5.74, 6) is -1.22. The Morgan fingerprint density at radius 3 is 1.97 bits per heavy atom. The minimum absolute atomic E-state index is 0.150. The van der Waals surface area contributed by atoms with Crippen LogP contribution in [0.2, 0.25) is 0 Å². The van der Waals surface area contributed by atoms with Gasteiger partial charge in [-0.05, 0) is 51.4 Å². The Morgan fingerprint density at radius 2 is 1.41 bits per heavy atom. The van der Waals surface area contributed by atoms with Crippen molar-refractivity contribution in [2.75, 3.05) is 0 Å². The SMILES string of the molecule is CC/C=C/CCCCCCCC(=O)OC(CCCCCCCC(=O)O)C(CC)S(=O)(=O)O. The van der Waals surface area contributed by atoms with Crippen LogP contribution in [0.4, 0.5) is 0 Å². The fourth-order valence-electron chi connectivity index (χ4n) is 3.71. The number of allylic oxidation sites excluding steroid dienone is 2. The van der Waals surface area contributed by atoms with E-state index in [0.29, 0.717) is 25.7 Å². The van der Waals surface area contributed by atoms with Crippen LogP contribution in [-0.4, -0.2) is 41.4 Å². The first-order valence-electron chi connectivity index (χ1n) is 12.2. The molecule has 2 atom stereocenters. The van der Waals surface area contributed by atoms with Crippen LogP contribution in [0, 0.1) is 0 Å². The summed E-state index contributed by atoms with van der Waals surface area (Å²) in [6.45, 7) is 3.77. The van der Waals surface area contributed by atoms with Crippen LogP contribution in [-0.2, 0) is 24.4 Å². The number of ether oxygens (including phenoxy) is 1. The summed E-state index contributed by atoms with van der Waals surface area (Å²) in [6, 6.07) is 0. The molecule has 7 nitrogen and oxygen atoms in total. The van der Waals surface area contributed by atoms with Gasteiger partial charge in [0.05, 0.1) is 0 Å². The van der Waals surface area contributed by atoms with Crippen LogP contribution in [0.25, 0.3) is 0 Å². The number of aliphatic carboxylic acids is 1. The van der Waals surface area contributed by atoms with Gasteiger partial charge in [0.25, 0.3) is 10.1 Å². The predicted octanol–water partition coefficient (Wildman–Crippen LogP) is 6.08. The van der Waals surface area contributed by atoms with Gasteiger partial charge in [-0.1, -0.05) is 64.5 Å². The Kier molecular flexibility index (Phi) is 18.3. The number of carboxylic acids is 1. The maximum Gasteiger partial charge on any atom is 0.306 e. The van der Waals surface area contributed by atoms with Crippen molar-refractivity contribution in [3.05, 3.63) is 12.2 Å². The van der Waals surface area contributed by atoms with E-state index in [1.54, 1.807) is 6.92 Å². The summed E-state index contributed by atoms with van der Waals surface area (Å²) in [5.41, 5.74) is 0. The van der Waals surface area contributed by atoms with Gasteiger partial charge in [0.2, 0.25) is 0 Å². The summed E-state index contributed by atoms with van der Waals surface area (Å²) in [6.07, 6.45) is 15.3. The zero-order valence-corrected chi connectivity index (χ0v) is 20.8. The first-order valence-corrected chi connectivity index (χ1v) is 13.7. The van der Waals surface area contributed by atoms with Gasteiger partial charge in [-0.25, -0.2) is 0 Å². The quantitative estimate of drug-likeness (QED) is 0.0892. The van der Waals surface area contributed by atoms with Crippen molar-refractivity contribution in [3.63, 3.8) is 0 Å². The number of carbonyl (C=O) groups is 2. The molecule has 188 valence electrons. The van der Waals surface area contributed by atoms with Gasteiger partial charge < -0.3 is 9.84 Å². The van der Waals surface area contributed by atoms with Crippen molar-refractivity contribution in [2.45, 2.75) is 128 Å². The first-order chi connectivity index (χ1) is 15.2. The van der Waals surface area contributed by atoms with Crippen molar-refractivity contribution in [2.24, 2.45) is 0 Å². The highest BCUT2D eigenvalue weighted by Crippen LogP contribution is 2.21. The lowest BCUT2D eigenvalue weighted by Gasteiger charge is -2.24. The topological polar surface area (TPSA) is 118 Å². The Morgan fingerprint density at radius 1 is 0.844 bits per heavy atom. The minimum Gasteiger partial charge on any atom is -0.481 e. The van der Waals surface area contributed by atoms with Gasteiger partial charge in [0, 0.05) is 12.8 Å². The molecule has 0 rings (SSSR count). The second-order valence-corrected chi connectivity index (χ2v) is 10.0. The van der Waals surface area contributed by atoms with Crippen LogP contribution in [0.1, 0.15) is 117 Å². The number of rotatable bonds is 21. The van der Waals surface area contributed by atoms with Crippen molar-refractivity contribution in [1.82, 2.24) is 0 Å². The molecule has 0 aromatic rings. The monoisotopic (exact) mass is 476 g/mol. The maximum atomic E-state index is 12.3. The van der Waals surface area contributed by atoms with E-state index in [0.717, 1.165) is 57.8 Å². The van der Waals surface area contributed by atoms with Crippen molar-refractivity contribution >= 4 is 22.1 Å². The lowest BCUT2D eigenvalue weighted by molar-refractivity contribution is -0.149. The molecule has 0 bridgehead atoms. The normalized spacial score (nSPS) is 13.8. The lowest BCUT2D eigenvalue weighted by Crippen LogP contribution is -2.37. The van der Waals surface area contributed by atoms with Gasteiger partial charge in [-0.15, -0.1) is 0 Å². The Balaban J connectivity index is 4.35. The number of hydrogen-bond acceptors (Lipinski definition) is 5. The summed E-state index contributed by atoms with van der Waals surface area (Å²) >= 11 is 0. The highest BCUT2D eigenvalue weighted by Gasteiger charge is 2.33. The zero-order chi connectivity index (χ0) is 24.2. The van der Waals surface area contributed by atoms with Crippen LogP contribution >= 0.6 is 0 Å². The van der Waals surface area contributed by atoms with E-state index >= 15 is 0 Å². The van der Waals surface area contributed by atoms with Crippen molar-refractivity contribution in [1.29, 1.82) is 0 Å². The molecule has 0 heterocycles. The minimum atomic E-state index is -4.31. The molecule has 2 unspecified atom stereocenters. The fourth-order valence-corrected chi connectivity index (χ4v) is 4.71.